The fraction of sp³-hybridized carbons (Fsp3) is 0.684. The van der Waals surface area contributed by atoms with Crippen LogP contribution in [0.25, 0.3) is 0 Å². The first-order valence-electron chi connectivity index (χ1n) is 8.52. The van der Waals surface area contributed by atoms with E-state index in [2.05, 4.69) is 51.7 Å². The Morgan fingerprint density at radius 3 is 2.59 bits per heavy atom. The summed E-state index contributed by atoms with van der Waals surface area (Å²) in [4.78, 5) is 2.44. The maximum atomic E-state index is 11.1. The van der Waals surface area contributed by atoms with Gasteiger partial charge in [-0.2, -0.15) is 0 Å². The Balaban J connectivity index is 1.98. The van der Waals surface area contributed by atoms with E-state index in [-0.39, 0.29) is 11.6 Å². The summed E-state index contributed by atoms with van der Waals surface area (Å²) in [6.45, 7) is 12.8. The first-order chi connectivity index (χ1) is 10.3. The Labute approximate surface area is 134 Å². The summed E-state index contributed by atoms with van der Waals surface area (Å²) >= 11 is 0. The number of aryl methyl sites for hydroxylation is 2. The molecule has 1 fully saturated rings. The van der Waals surface area contributed by atoms with E-state index in [0.29, 0.717) is 5.92 Å². The molecule has 22 heavy (non-hydrogen) atoms. The van der Waals surface area contributed by atoms with Crippen LogP contribution in [0.3, 0.4) is 0 Å². The van der Waals surface area contributed by atoms with Gasteiger partial charge in [-0.05, 0) is 76.3 Å². The SMILES string of the molecule is Cc1cc2c(cc1C)C(O)C(N1CCCC(C)C1)C(C)(C)O2. The van der Waals surface area contributed by atoms with Gasteiger partial charge in [0.2, 0.25) is 0 Å². The van der Waals surface area contributed by atoms with Gasteiger partial charge in [0.25, 0.3) is 0 Å². The van der Waals surface area contributed by atoms with Crippen LogP contribution in [-0.2, 0) is 0 Å². The van der Waals surface area contributed by atoms with Crippen molar-refractivity contribution in [3.05, 3.63) is 28.8 Å². The van der Waals surface area contributed by atoms with Crippen molar-refractivity contribution in [2.75, 3.05) is 13.1 Å². The summed E-state index contributed by atoms with van der Waals surface area (Å²) in [5, 5.41) is 11.1. The highest BCUT2D eigenvalue weighted by atomic mass is 16.5. The van der Waals surface area contributed by atoms with Crippen molar-refractivity contribution in [1.29, 1.82) is 0 Å². The minimum absolute atomic E-state index is 0.0184. The van der Waals surface area contributed by atoms with Crippen molar-refractivity contribution in [1.82, 2.24) is 4.90 Å². The molecular weight excluding hydrogens is 274 g/mol. The number of aliphatic hydroxyl groups excluding tert-OH is 1. The van der Waals surface area contributed by atoms with Gasteiger partial charge in [-0.15, -0.1) is 0 Å². The highest BCUT2D eigenvalue weighted by molar-refractivity contribution is 5.46. The van der Waals surface area contributed by atoms with E-state index in [1.54, 1.807) is 0 Å². The number of hydrogen-bond donors (Lipinski definition) is 1. The van der Waals surface area contributed by atoms with Crippen LogP contribution in [0.5, 0.6) is 5.75 Å². The van der Waals surface area contributed by atoms with E-state index in [4.69, 9.17) is 4.74 Å². The normalized spacial score (nSPS) is 31.5. The molecule has 3 heteroatoms. The van der Waals surface area contributed by atoms with Gasteiger partial charge in [0, 0.05) is 12.1 Å². The van der Waals surface area contributed by atoms with Crippen LogP contribution >= 0.6 is 0 Å². The summed E-state index contributed by atoms with van der Waals surface area (Å²) in [6.07, 6.45) is 2.01. The number of benzene rings is 1. The van der Waals surface area contributed by atoms with Gasteiger partial charge in [-0.25, -0.2) is 0 Å². The number of hydrogen-bond acceptors (Lipinski definition) is 3. The fourth-order valence-corrected chi connectivity index (χ4v) is 4.14. The first kappa shape index (κ1) is 15.8. The molecule has 122 valence electrons. The van der Waals surface area contributed by atoms with E-state index in [1.807, 2.05) is 0 Å². The van der Waals surface area contributed by atoms with Crippen LogP contribution in [-0.4, -0.2) is 34.7 Å². The Bertz CT molecular complexity index is 567. The molecular formula is C19H29NO2. The zero-order chi connectivity index (χ0) is 16.1. The van der Waals surface area contributed by atoms with Gasteiger partial charge in [-0.1, -0.05) is 6.92 Å². The molecule has 1 aromatic carbocycles. The van der Waals surface area contributed by atoms with E-state index in [1.165, 1.54) is 24.0 Å². The summed E-state index contributed by atoms with van der Waals surface area (Å²) in [5.41, 5.74) is 3.00. The predicted molar refractivity (Wildman–Crippen MR) is 89.3 cm³/mol. The third-order valence-electron chi connectivity index (χ3n) is 5.41. The zero-order valence-electron chi connectivity index (χ0n) is 14.5. The average molecular weight is 303 g/mol. The van der Waals surface area contributed by atoms with Crippen LogP contribution in [0.1, 0.15) is 56.4 Å². The molecule has 0 spiro atoms. The second kappa shape index (κ2) is 5.54. The number of likely N-dealkylation sites (tertiary alicyclic amines) is 1. The molecule has 0 aromatic heterocycles. The van der Waals surface area contributed by atoms with E-state index >= 15 is 0 Å². The van der Waals surface area contributed by atoms with E-state index < -0.39 is 6.10 Å². The van der Waals surface area contributed by atoms with Gasteiger partial charge in [-0.3, -0.25) is 4.90 Å². The van der Waals surface area contributed by atoms with Gasteiger partial charge in [0.15, 0.2) is 0 Å². The molecule has 2 aliphatic rings. The first-order valence-corrected chi connectivity index (χ1v) is 8.52. The Hall–Kier alpha value is -1.06. The van der Waals surface area contributed by atoms with Gasteiger partial charge in [0.05, 0.1) is 6.04 Å². The lowest BCUT2D eigenvalue weighted by Crippen LogP contribution is -2.59. The molecule has 1 saturated heterocycles. The highest BCUT2D eigenvalue weighted by Crippen LogP contribution is 2.44. The number of fused-ring (bicyclic) bond motifs is 1. The highest BCUT2D eigenvalue weighted by Gasteiger charge is 2.47. The molecule has 3 nitrogen and oxygen atoms in total. The molecule has 0 amide bonds. The quantitative estimate of drug-likeness (QED) is 0.860. The molecule has 1 N–H and O–H groups in total. The zero-order valence-corrected chi connectivity index (χ0v) is 14.5. The Kier molecular flexibility index (Phi) is 3.98. The maximum absolute atomic E-state index is 11.1. The molecule has 1 aromatic rings. The van der Waals surface area contributed by atoms with Crippen molar-refractivity contribution in [3.63, 3.8) is 0 Å². The van der Waals surface area contributed by atoms with Gasteiger partial charge < -0.3 is 9.84 Å². The second-order valence-corrected chi connectivity index (χ2v) is 7.81. The number of ether oxygens (including phenoxy) is 1. The summed E-state index contributed by atoms with van der Waals surface area (Å²) in [6, 6.07) is 4.19. The van der Waals surface area contributed by atoms with Crippen molar-refractivity contribution >= 4 is 0 Å². The lowest BCUT2D eigenvalue weighted by atomic mass is 9.82. The number of aliphatic hydroxyl groups is 1. The second-order valence-electron chi connectivity index (χ2n) is 7.81. The van der Waals surface area contributed by atoms with Crippen LogP contribution in [0.4, 0.5) is 0 Å². The monoisotopic (exact) mass is 303 g/mol. The standard InChI is InChI=1S/C19H29NO2/c1-12-7-6-8-20(11-12)18-17(21)15-9-13(2)14(3)10-16(15)22-19(18,4)5/h9-10,12,17-18,21H,6-8,11H2,1-5H3. The number of rotatable bonds is 1. The van der Waals surface area contributed by atoms with Crippen LogP contribution in [0.15, 0.2) is 12.1 Å². The molecule has 2 aliphatic heterocycles. The smallest absolute Gasteiger partial charge is 0.126 e. The molecule has 0 radical (unpaired) electrons. The summed E-state index contributed by atoms with van der Waals surface area (Å²) in [7, 11) is 0. The lowest BCUT2D eigenvalue weighted by Gasteiger charge is -2.50. The van der Waals surface area contributed by atoms with Crippen LogP contribution in [0, 0.1) is 19.8 Å². The third-order valence-corrected chi connectivity index (χ3v) is 5.41. The molecule has 0 aliphatic carbocycles. The van der Waals surface area contributed by atoms with Crippen molar-refractivity contribution < 1.29 is 9.84 Å². The minimum atomic E-state index is -0.483. The molecule has 0 saturated carbocycles. The van der Waals surface area contributed by atoms with Crippen molar-refractivity contribution in [2.24, 2.45) is 5.92 Å². The van der Waals surface area contributed by atoms with Gasteiger partial charge >= 0.3 is 0 Å². The number of nitrogens with zero attached hydrogens (tertiary/aromatic N) is 1. The Morgan fingerprint density at radius 2 is 1.91 bits per heavy atom. The topological polar surface area (TPSA) is 32.7 Å². The Morgan fingerprint density at radius 1 is 1.23 bits per heavy atom. The molecule has 3 atom stereocenters. The molecule has 3 rings (SSSR count). The molecule has 0 bridgehead atoms. The number of piperidine rings is 1. The minimum Gasteiger partial charge on any atom is -0.486 e. The average Bonchev–Trinajstić information content (AvgIpc) is 2.41. The molecule has 2 heterocycles. The van der Waals surface area contributed by atoms with Crippen LogP contribution in [0.2, 0.25) is 0 Å². The van der Waals surface area contributed by atoms with E-state index in [9.17, 15) is 5.11 Å². The summed E-state index contributed by atoms with van der Waals surface area (Å²) < 4.78 is 6.32. The lowest BCUT2D eigenvalue weighted by molar-refractivity contribution is -0.0920. The third kappa shape index (κ3) is 2.65. The van der Waals surface area contributed by atoms with Crippen molar-refractivity contribution in [2.45, 2.75) is 65.2 Å². The fourth-order valence-electron chi connectivity index (χ4n) is 4.14. The summed E-state index contributed by atoms with van der Waals surface area (Å²) in [5.74, 6) is 1.54. The van der Waals surface area contributed by atoms with Crippen LogP contribution < -0.4 is 4.74 Å². The van der Waals surface area contributed by atoms with E-state index in [0.717, 1.165) is 24.4 Å². The van der Waals surface area contributed by atoms with Gasteiger partial charge in [0.1, 0.15) is 17.5 Å². The maximum Gasteiger partial charge on any atom is 0.126 e. The largest absolute Gasteiger partial charge is 0.486 e. The molecule has 3 unspecified atom stereocenters. The van der Waals surface area contributed by atoms with Crippen molar-refractivity contribution in [3.8, 4) is 5.75 Å². The predicted octanol–water partition coefficient (Wildman–Crippen LogP) is 3.61.